The lowest BCUT2D eigenvalue weighted by atomic mass is 9.82. The van der Waals surface area contributed by atoms with Gasteiger partial charge in [-0.05, 0) is 46.0 Å². The minimum Gasteiger partial charge on any atom is -0.464 e. The Morgan fingerprint density at radius 1 is 1.30 bits per heavy atom. The Morgan fingerprint density at radius 3 is 2.65 bits per heavy atom. The van der Waals surface area contributed by atoms with Gasteiger partial charge in [0.1, 0.15) is 6.04 Å². The van der Waals surface area contributed by atoms with Crippen molar-refractivity contribution < 1.29 is 14.3 Å². The van der Waals surface area contributed by atoms with Gasteiger partial charge in [-0.2, -0.15) is 0 Å². The lowest BCUT2D eigenvalue weighted by Crippen LogP contribution is -2.56. The van der Waals surface area contributed by atoms with Crippen molar-refractivity contribution in [1.82, 2.24) is 4.90 Å². The Morgan fingerprint density at radius 2 is 2.05 bits per heavy atom. The van der Waals surface area contributed by atoms with Crippen molar-refractivity contribution in [2.45, 2.75) is 64.5 Å². The highest BCUT2D eigenvalue weighted by molar-refractivity contribution is 5.88. The molecule has 1 aliphatic heterocycles. The van der Waals surface area contributed by atoms with E-state index >= 15 is 0 Å². The molecule has 1 heterocycles. The number of amides is 1. The molecule has 3 unspecified atom stereocenters. The zero-order valence-corrected chi connectivity index (χ0v) is 12.6. The molecule has 0 aromatic carbocycles. The maximum atomic E-state index is 12.9. The average Bonchev–Trinajstić information content (AvgIpc) is 2.79. The van der Waals surface area contributed by atoms with Crippen LogP contribution < -0.4 is 5.73 Å². The van der Waals surface area contributed by atoms with E-state index in [0.717, 1.165) is 32.1 Å². The Kier molecular flexibility index (Phi) is 4.68. The fourth-order valence-electron chi connectivity index (χ4n) is 3.44. The summed E-state index contributed by atoms with van der Waals surface area (Å²) in [5.74, 6) is -0.226. The lowest BCUT2D eigenvalue weighted by molar-refractivity contribution is -0.160. The first-order chi connectivity index (χ1) is 9.50. The van der Waals surface area contributed by atoms with E-state index in [1.807, 2.05) is 6.92 Å². The second kappa shape index (κ2) is 6.12. The predicted molar refractivity (Wildman–Crippen MR) is 75.9 cm³/mol. The van der Waals surface area contributed by atoms with Gasteiger partial charge in [-0.15, -0.1) is 0 Å². The van der Waals surface area contributed by atoms with Gasteiger partial charge in [-0.3, -0.25) is 4.79 Å². The zero-order valence-electron chi connectivity index (χ0n) is 12.6. The molecule has 2 fully saturated rings. The van der Waals surface area contributed by atoms with Gasteiger partial charge >= 0.3 is 5.97 Å². The topological polar surface area (TPSA) is 72.6 Å². The molecule has 1 aliphatic carbocycles. The number of ether oxygens (including phenoxy) is 1. The average molecular weight is 282 g/mol. The number of likely N-dealkylation sites (tertiary alicyclic amines) is 1. The Hall–Kier alpha value is -1.10. The minimum absolute atomic E-state index is 0.0419. The molecule has 5 nitrogen and oxygen atoms in total. The third kappa shape index (κ3) is 2.68. The van der Waals surface area contributed by atoms with Gasteiger partial charge < -0.3 is 15.4 Å². The number of nitrogens with zero attached hydrogens (tertiary/aromatic N) is 1. The molecule has 2 aliphatic rings. The molecule has 2 rings (SSSR count). The summed E-state index contributed by atoms with van der Waals surface area (Å²) in [4.78, 5) is 26.7. The van der Waals surface area contributed by atoms with Gasteiger partial charge in [0, 0.05) is 12.6 Å². The highest BCUT2D eigenvalue weighted by Crippen LogP contribution is 2.39. The van der Waals surface area contributed by atoms with Gasteiger partial charge in [-0.1, -0.05) is 6.42 Å². The van der Waals surface area contributed by atoms with Crippen molar-refractivity contribution in [3.05, 3.63) is 0 Å². The maximum Gasteiger partial charge on any atom is 0.328 e. The molecular formula is C15H26N2O3. The van der Waals surface area contributed by atoms with Crippen molar-refractivity contribution >= 4 is 11.9 Å². The molecule has 0 aromatic rings. The van der Waals surface area contributed by atoms with Crippen molar-refractivity contribution in [2.24, 2.45) is 11.1 Å². The number of esters is 1. The second-order valence-corrected chi connectivity index (χ2v) is 6.18. The van der Waals surface area contributed by atoms with Crippen LogP contribution in [0.4, 0.5) is 0 Å². The molecule has 2 N–H and O–H groups in total. The molecule has 1 amide bonds. The third-order valence-corrected chi connectivity index (χ3v) is 4.84. The molecule has 20 heavy (non-hydrogen) atoms. The molecule has 1 saturated carbocycles. The van der Waals surface area contributed by atoms with Crippen LogP contribution in [0.15, 0.2) is 0 Å². The molecule has 0 aromatic heterocycles. The van der Waals surface area contributed by atoms with E-state index < -0.39 is 11.5 Å². The maximum absolute atomic E-state index is 12.9. The van der Waals surface area contributed by atoms with Crippen LogP contribution in [-0.2, 0) is 14.3 Å². The van der Waals surface area contributed by atoms with Crippen LogP contribution in [0.2, 0.25) is 0 Å². The first-order valence-corrected chi connectivity index (χ1v) is 7.74. The number of carbonyl (C=O) groups excluding carboxylic acids is 2. The van der Waals surface area contributed by atoms with Crippen LogP contribution in [-0.4, -0.2) is 42.0 Å². The summed E-state index contributed by atoms with van der Waals surface area (Å²) in [6, 6.07) is -0.513. The Balaban J connectivity index is 2.15. The second-order valence-electron chi connectivity index (χ2n) is 6.18. The predicted octanol–water partition coefficient (Wildman–Crippen LogP) is 1.45. The van der Waals surface area contributed by atoms with E-state index in [4.69, 9.17) is 10.5 Å². The number of hydrogen-bond acceptors (Lipinski definition) is 4. The van der Waals surface area contributed by atoms with Crippen molar-refractivity contribution in [2.75, 3.05) is 13.2 Å². The molecule has 3 atom stereocenters. The SMILES string of the molecule is CCOC(=O)C1CCCCN1C(=O)C1(C)CCCC1N. The van der Waals surface area contributed by atoms with Crippen LogP contribution in [0.5, 0.6) is 0 Å². The van der Waals surface area contributed by atoms with Gasteiger partial charge in [-0.25, -0.2) is 4.79 Å². The summed E-state index contributed by atoms with van der Waals surface area (Å²) in [7, 11) is 0. The summed E-state index contributed by atoms with van der Waals surface area (Å²) >= 11 is 0. The smallest absolute Gasteiger partial charge is 0.328 e. The van der Waals surface area contributed by atoms with Crippen molar-refractivity contribution in [3.63, 3.8) is 0 Å². The first kappa shape index (κ1) is 15.3. The molecule has 5 heteroatoms. The third-order valence-electron chi connectivity index (χ3n) is 4.84. The van der Waals surface area contributed by atoms with Crippen LogP contribution in [0.1, 0.15) is 52.4 Å². The summed E-state index contributed by atoms with van der Waals surface area (Å²) < 4.78 is 5.12. The van der Waals surface area contributed by atoms with E-state index in [1.165, 1.54) is 0 Å². The van der Waals surface area contributed by atoms with Gasteiger partial charge in [0.15, 0.2) is 0 Å². The van der Waals surface area contributed by atoms with E-state index in [-0.39, 0.29) is 17.9 Å². The molecule has 1 saturated heterocycles. The van der Waals surface area contributed by atoms with Gasteiger partial charge in [0.2, 0.25) is 5.91 Å². The number of carbonyl (C=O) groups is 2. The first-order valence-electron chi connectivity index (χ1n) is 7.74. The fraction of sp³-hybridized carbons (Fsp3) is 0.867. The van der Waals surface area contributed by atoms with Crippen molar-refractivity contribution in [1.29, 1.82) is 0 Å². The summed E-state index contributed by atoms with van der Waals surface area (Å²) in [6.45, 7) is 4.74. The monoisotopic (exact) mass is 282 g/mol. The Bertz CT molecular complexity index is 385. The summed E-state index contributed by atoms with van der Waals surface area (Å²) in [6.07, 6.45) is 5.32. The van der Waals surface area contributed by atoms with E-state index in [9.17, 15) is 9.59 Å². The molecule has 0 spiro atoms. The quantitative estimate of drug-likeness (QED) is 0.795. The Labute approximate surface area is 120 Å². The van der Waals surface area contributed by atoms with Crippen LogP contribution >= 0.6 is 0 Å². The summed E-state index contributed by atoms with van der Waals surface area (Å²) in [5.41, 5.74) is 5.63. The van der Waals surface area contributed by atoms with Crippen molar-refractivity contribution in [3.8, 4) is 0 Å². The van der Waals surface area contributed by atoms with Crippen LogP contribution in [0.3, 0.4) is 0 Å². The van der Waals surface area contributed by atoms with Gasteiger partial charge in [0.25, 0.3) is 0 Å². The largest absolute Gasteiger partial charge is 0.464 e. The standard InChI is InChI=1S/C15H26N2O3/c1-3-20-13(18)11-7-4-5-10-17(11)14(19)15(2)9-6-8-12(15)16/h11-12H,3-10,16H2,1-2H3. The highest BCUT2D eigenvalue weighted by atomic mass is 16.5. The van der Waals surface area contributed by atoms with E-state index in [1.54, 1.807) is 11.8 Å². The van der Waals surface area contributed by atoms with Crippen LogP contribution in [0.25, 0.3) is 0 Å². The highest BCUT2D eigenvalue weighted by Gasteiger charge is 2.47. The molecular weight excluding hydrogens is 256 g/mol. The summed E-state index contributed by atoms with van der Waals surface area (Å²) in [5, 5.41) is 0. The molecule has 0 radical (unpaired) electrons. The van der Waals surface area contributed by atoms with E-state index in [0.29, 0.717) is 19.6 Å². The number of nitrogens with two attached hydrogens (primary N) is 1. The zero-order chi connectivity index (χ0) is 14.8. The minimum atomic E-state index is -0.512. The number of piperidine rings is 1. The number of hydrogen-bond donors (Lipinski definition) is 1. The molecule has 114 valence electrons. The lowest BCUT2D eigenvalue weighted by Gasteiger charge is -2.40. The number of rotatable bonds is 3. The normalized spacial score (nSPS) is 34.0. The van der Waals surface area contributed by atoms with E-state index in [2.05, 4.69) is 0 Å². The molecule has 0 bridgehead atoms. The van der Waals surface area contributed by atoms with Gasteiger partial charge in [0.05, 0.1) is 12.0 Å². The fourth-order valence-corrected chi connectivity index (χ4v) is 3.44. The van der Waals surface area contributed by atoms with Crippen LogP contribution in [0, 0.1) is 5.41 Å².